The molecule has 0 aliphatic carbocycles. The van der Waals surface area contributed by atoms with Crippen molar-refractivity contribution in [1.29, 1.82) is 0 Å². The molecule has 2 saturated heterocycles. The Bertz CT molecular complexity index is 220. The molecule has 3 N–H and O–H groups in total. The minimum atomic E-state index is 0.242. The van der Waals surface area contributed by atoms with Crippen LogP contribution in [0.1, 0.15) is 51.4 Å². The maximum Gasteiger partial charge on any atom is 0.0575 e. The van der Waals surface area contributed by atoms with E-state index < -0.39 is 0 Å². The molecule has 2 aliphatic rings. The van der Waals surface area contributed by atoms with Crippen LogP contribution < -0.4 is 11.1 Å². The van der Waals surface area contributed by atoms with Crippen LogP contribution in [0.4, 0.5) is 0 Å². The molecule has 17 heavy (non-hydrogen) atoms. The summed E-state index contributed by atoms with van der Waals surface area (Å²) >= 11 is 0. The molecule has 0 aromatic carbocycles. The van der Waals surface area contributed by atoms with Gasteiger partial charge in [0.25, 0.3) is 0 Å². The summed E-state index contributed by atoms with van der Waals surface area (Å²) in [5, 5.41) is 3.46. The van der Waals surface area contributed by atoms with Crippen molar-refractivity contribution in [3.8, 4) is 0 Å². The lowest BCUT2D eigenvalue weighted by atomic mass is 9.90. The molecule has 0 saturated carbocycles. The van der Waals surface area contributed by atoms with Crippen molar-refractivity contribution < 1.29 is 0 Å². The first-order valence-electron chi connectivity index (χ1n) is 7.46. The molecule has 2 aliphatic heterocycles. The highest BCUT2D eigenvalue weighted by molar-refractivity contribution is 4.79. The Hall–Kier alpha value is -0.120. The molecule has 3 nitrogen and oxygen atoms in total. The summed E-state index contributed by atoms with van der Waals surface area (Å²) in [7, 11) is 2.29. The molecule has 3 heteroatoms. The first-order chi connectivity index (χ1) is 8.27. The Morgan fingerprint density at radius 1 is 1.12 bits per heavy atom. The van der Waals surface area contributed by atoms with Gasteiger partial charge in [-0.3, -0.25) is 0 Å². The Labute approximate surface area is 106 Å². The van der Waals surface area contributed by atoms with Crippen molar-refractivity contribution in [2.45, 2.75) is 63.6 Å². The van der Waals surface area contributed by atoms with Gasteiger partial charge in [0.2, 0.25) is 0 Å². The lowest BCUT2D eigenvalue weighted by Gasteiger charge is -2.34. The monoisotopic (exact) mass is 239 g/mol. The van der Waals surface area contributed by atoms with Crippen LogP contribution in [0.25, 0.3) is 0 Å². The minimum Gasteiger partial charge on any atom is -0.316 e. The van der Waals surface area contributed by atoms with E-state index in [0.717, 1.165) is 12.6 Å². The van der Waals surface area contributed by atoms with Crippen molar-refractivity contribution in [3.05, 3.63) is 0 Å². The van der Waals surface area contributed by atoms with Gasteiger partial charge in [-0.1, -0.05) is 12.8 Å². The Morgan fingerprint density at radius 2 is 1.94 bits per heavy atom. The molecule has 0 amide bonds. The smallest absolute Gasteiger partial charge is 0.0575 e. The second-order valence-corrected chi connectivity index (χ2v) is 5.94. The van der Waals surface area contributed by atoms with Crippen LogP contribution in [0.5, 0.6) is 0 Å². The van der Waals surface area contributed by atoms with Gasteiger partial charge in [-0.05, 0) is 64.6 Å². The summed E-state index contributed by atoms with van der Waals surface area (Å²) in [5.74, 6) is 0.702. The number of rotatable bonds is 3. The number of likely N-dealkylation sites (tertiary alicyclic amines) is 1. The van der Waals surface area contributed by atoms with Crippen LogP contribution in [-0.4, -0.2) is 37.2 Å². The van der Waals surface area contributed by atoms with Crippen molar-refractivity contribution >= 4 is 0 Å². The molecule has 3 unspecified atom stereocenters. The lowest BCUT2D eigenvalue weighted by Crippen LogP contribution is -2.43. The van der Waals surface area contributed by atoms with E-state index in [9.17, 15) is 0 Å². The van der Waals surface area contributed by atoms with E-state index in [1.54, 1.807) is 0 Å². The van der Waals surface area contributed by atoms with Gasteiger partial charge in [-0.25, -0.2) is 0 Å². The SMILES string of the molecule is CN1CCCCC1CCC1CCCCNC1N. The summed E-state index contributed by atoms with van der Waals surface area (Å²) < 4.78 is 0. The molecule has 0 aromatic rings. The summed E-state index contributed by atoms with van der Waals surface area (Å²) in [4.78, 5) is 2.55. The van der Waals surface area contributed by atoms with Gasteiger partial charge in [0, 0.05) is 6.04 Å². The van der Waals surface area contributed by atoms with Gasteiger partial charge in [0.1, 0.15) is 0 Å². The Kier molecular flexibility index (Phi) is 5.26. The van der Waals surface area contributed by atoms with Crippen LogP contribution in [0, 0.1) is 5.92 Å². The highest BCUT2D eigenvalue weighted by Gasteiger charge is 2.23. The number of nitrogens with zero attached hydrogens (tertiary/aromatic N) is 1. The fourth-order valence-electron chi connectivity index (χ4n) is 3.39. The highest BCUT2D eigenvalue weighted by atomic mass is 15.1. The van der Waals surface area contributed by atoms with Crippen LogP contribution in [0.2, 0.25) is 0 Å². The quantitative estimate of drug-likeness (QED) is 0.790. The van der Waals surface area contributed by atoms with Crippen molar-refractivity contribution in [2.75, 3.05) is 20.1 Å². The first-order valence-corrected chi connectivity index (χ1v) is 7.46. The van der Waals surface area contributed by atoms with E-state index in [1.807, 2.05) is 0 Å². The predicted molar refractivity (Wildman–Crippen MR) is 72.8 cm³/mol. The van der Waals surface area contributed by atoms with Crippen LogP contribution in [0.3, 0.4) is 0 Å². The van der Waals surface area contributed by atoms with Gasteiger partial charge >= 0.3 is 0 Å². The summed E-state index contributed by atoms with van der Waals surface area (Å²) in [6, 6.07) is 0.819. The Balaban J connectivity index is 1.75. The largest absolute Gasteiger partial charge is 0.316 e. The van der Waals surface area contributed by atoms with Gasteiger partial charge < -0.3 is 16.0 Å². The third-order valence-electron chi connectivity index (χ3n) is 4.68. The molecule has 0 bridgehead atoms. The van der Waals surface area contributed by atoms with E-state index >= 15 is 0 Å². The average molecular weight is 239 g/mol. The Morgan fingerprint density at radius 3 is 2.76 bits per heavy atom. The number of hydrogen-bond donors (Lipinski definition) is 2. The van der Waals surface area contributed by atoms with E-state index in [-0.39, 0.29) is 6.17 Å². The molecule has 2 rings (SSSR count). The zero-order valence-electron chi connectivity index (χ0n) is 11.3. The van der Waals surface area contributed by atoms with E-state index in [1.165, 1.54) is 57.9 Å². The molecule has 0 spiro atoms. The number of piperidine rings is 1. The van der Waals surface area contributed by atoms with Crippen LogP contribution in [-0.2, 0) is 0 Å². The molecule has 0 aromatic heterocycles. The molecule has 2 heterocycles. The third kappa shape index (κ3) is 3.94. The first kappa shape index (κ1) is 13.3. The molecule has 2 fully saturated rings. The standard InChI is InChI=1S/C14H29N3/c1-17-11-5-3-7-13(17)9-8-12-6-2-4-10-16-14(12)15/h12-14,16H,2-11,15H2,1H3. The molecule has 3 atom stereocenters. The van der Waals surface area contributed by atoms with E-state index in [0.29, 0.717) is 5.92 Å². The molecular weight excluding hydrogens is 210 g/mol. The molecule has 0 radical (unpaired) electrons. The van der Waals surface area contributed by atoms with Crippen molar-refractivity contribution in [2.24, 2.45) is 11.7 Å². The number of nitrogens with one attached hydrogen (secondary N) is 1. The highest BCUT2D eigenvalue weighted by Crippen LogP contribution is 2.25. The number of hydrogen-bond acceptors (Lipinski definition) is 3. The summed E-state index contributed by atoms with van der Waals surface area (Å²) in [5.41, 5.74) is 6.20. The van der Waals surface area contributed by atoms with E-state index in [2.05, 4.69) is 17.3 Å². The van der Waals surface area contributed by atoms with E-state index in [4.69, 9.17) is 5.73 Å². The lowest BCUT2D eigenvalue weighted by molar-refractivity contribution is 0.162. The van der Waals surface area contributed by atoms with Crippen LogP contribution in [0.15, 0.2) is 0 Å². The second kappa shape index (κ2) is 6.72. The average Bonchev–Trinajstić information content (AvgIpc) is 2.53. The third-order valence-corrected chi connectivity index (χ3v) is 4.68. The predicted octanol–water partition coefficient (Wildman–Crippen LogP) is 1.93. The zero-order chi connectivity index (χ0) is 12.1. The number of nitrogens with two attached hydrogens (primary N) is 1. The maximum atomic E-state index is 6.20. The second-order valence-electron chi connectivity index (χ2n) is 5.94. The zero-order valence-corrected chi connectivity index (χ0v) is 11.3. The van der Waals surface area contributed by atoms with Gasteiger partial charge in [0.05, 0.1) is 6.17 Å². The van der Waals surface area contributed by atoms with Crippen molar-refractivity contribution in [3.63, 3.8) is 0 Å². The normalized spacial score (nSPS) is 36.7. The van der Waals surface area contributed by atoms with Crippen LogP contribution >= 0.6 is 0 Å². The molecular formula is C14H29N3. The van der Waals surface area contributed by atoms with Gasteiger partial charge in [0.15, 0.2) is 0 Å². The van der Waals surface area contributed by atoms with Gasteiger partial charge in [-0.15, -0.1) is 0 Å². The maximum absolute atomic E-state index is 6.20. The summed E-state index contributed by atoms with van der Waals surface area (Å²) in [6.07, 6.45) is 11.1. The summed E-state index contributed by atoms with van der Waals surface area (Å²) in [6.45, 7) is 2.40. The van der Waals surface area contributed by atoms with Gasteiger partial charge in [-0.2, -0.15) is 0 Å². The fraction of sp³-hybridized carbons (Fsp3) is 1.00. The van der Waals surface area contributed by atoms with Crippen molar-refractivity contribution in [1.82, 2.24) is 10.2 Å². The fourth-order valence-corrected chi connectivity index (χ4v) is 3.39. The minimum absolute atomic E-state index is 0.242. The molecule has 100 valence electrons. The topological polar surface area (TPSA) is 41.3 Å².